The van der Waals surface area contributed by atoms with Crippen LogP contribution in [0.2, 0.25) is 0 Å². The van der Waals surface area contributed by atoms with Gasteiger partial charge in [0.15, 0.2) is 0 Å². The van der Waals surface area contributed by atoms with E-state index in [1.807, 2.05) is 38.1 Å². The van der Waals surface area contributed by atoms with E-state index in [-0.39, 0.29) is 5.41 Å². The first-order chi connectivity index (χ1) is 14.6. The van der Waals surface area contributed by atoms with Gasteiger partial charge in [-0.2, -0.15) is 10.2 Å². The maximum absolute atomic E-state index is 12.1. The largest absolute Gasteiger partial charge is 0.366 e. The number of amides is 1. The minimum absolute atomic E-state index is 0.101. The number of nitrogens with two attached hydrogens (primary N) is 1. The van der Waals surface area contributed by atoms with Crippen LogP contribution in [0.1, 0.15) is 39.1 Å². The average Bonchev–Trinajstić information content (AvgIpc) is 3.43. The molecular weight excluding hydrogens is 394 g/mol. The molecule has 0 unspecified atom stereocenters. The number of carbonyl (C=O) groups excluding carboxylic acids is 1. The zero-order chi connectivity index (χ0) is 22.5. The summed E-state index contributed by atoms with van der Waals surface area (Å²) in [5, 5.41) is 20.4. The molecule has 10 heteroatoms. The predicted molar refractivity (Wildman–Crippen MR) is 118 cm³/mol. The highest BCUT2D eigenvalue weighted by atomic mass is 16.1. The molecule has 4 rings (SSSR count). The summed E-state index contributed by atoms with van der Waals surface area (Å²) < 4.78 is 3.45. The fourth-order valence-corrected chi connectivity index (χ4v) is 3.48. The summed E-state index contributed by atoms with van der Waals surface area (Å²) in [7, 11) is 1.88. The SMILES string of the molecule is CC1=C(n2cc(-c3cnn(C)c3C)nn2)C=C(C(N)=O)CN1c1cc(C(C)(C)C)n[nH]1. The number of rotatable bonds is 4. The van der Waals surface area contributed by atoms with Crippen LogP contribution in [-0.2, 0) is 17.3 Å². The van der Waals surface area contributed by atoms with Crippen molar-refractivity contribution in [1.29, 1.82) is 0 Å². The zero-order valence-corrected chi connectivity index (χ0v) is 18.6. The van der Waals surface area contributed by atoms with Gasteiger partial charge in [-0.05, 0) is 19.9 Å². The molecular formula is C21H27N9O. The molecule has 10 nitrogen and oxygen atoms in total. The Hall–Kier alpha value is -3.69. The topological polar surface area (TPSA) is 124 Å². The van der Waals surface area contributed by atoms with Gasteiger partial charge in [-0.3, -0.25) is 14.6 Å². The smallest absolute Gasteiger partial charge is 0.246 e. The number of nitrogens with one attached hydrogen (secondary N) is 1. The molecule has 0 aromatic carbocycles. The number of aryl methyl sites for hydroxylation is 1. The van der Waals surface area contributed by atoms with Crippen LogP contribution in [0.5, 0.6) is 0 Å². The summed E-state index contributed by atoms with van der Waals surface area (Å²) in [5.74, 6) is 0.309. The summed E-state index contributed by atoms with van der Waals surface area (Å²) in [5.41, 5.74) is 11.2. The zero-order valence-electron chi connectivity index (χ0n) is 18.6. The van der Waals surface area contributed by atoms with E-state index in [0.29, 0.717) is 23.5 Å². The van der Waals surface area contributed by atoms with Crippen LogP contribution >= 0.6 is 0 Å². The number of hydrogen-bond donors (Lipinski definition) is 2. The summed E-state index contributed by atoms with van der Waals surface area (Å²) in [4.78, 5) is 14.1. The lowest BCUT2D eigenvalue weighted by atomic mass is 9.92. The summed E-state index contributed by atoms with van der Waals surface area (Å²) in [6.45, 7) is 10.6. The molecule has 4 heterocycles. The van der Waals surface area contributed by atoms with Crippen LogP contribution in [-0.4, -0.2) is 47.4 Å². The van der Waals surface area contributed by atoms with Gasteiger partial charge in [0.05, 0.1) is 30.3 Å². The number of aromatic nitrogens is 7. The molecule has 0 aliphatic carbocycles. The highest BCUT2D eigenvalue weighted by molar-refractivity contribution is 5.96. The molecule has 162 valence electrons. The second-order valence-corrected chi connectivity index (χ2v) is 8.79. The number of anilines is 1. The lowest BCUT2D eigenvalue weighted by Gasteiger charge is -2.29. The van der Waals surface area contributed by atoms with Gasteiger partial charge in [0.2, 0.25) is 5.91 Å². The molecule has 3 aromatic heterocycles. The molecule has 0 saturated carbocycles. The van der Waals surface area contributed by atoms with Gasteiger partial charge < -0.3 is 10.6 Å². The van der Waals surface area contributed by atoms with Crippen LogP contribution in [0.3, 0.4) is 0 Å². The van der Waals surface area contributed by atoms with E-state index in [1.54, 1.807) is 21.6 Å². The van der Waals surface area contributed by atoms with Crippen molar-refractivity contribution in [1.82, 2.24) is 35.0 Å². The van der Waals surface area contributed by atoms with Crippen molar-refractivity contribution >= 4 is 17.4 Å². The van der Waals surface area contributed by atoms with Gasteiger partial charge in [-0.1, -0.05) is 26.0 Å². The molecule has 0 fully saturated rings. The van der Waals surface area contributed by atoms with Crippen LogP contribution in [0, 0.1) is 6.92 Å². The van der Waals surface area contributed by atoms with E-state index >= 15 is 0 Å². The van der Waals surface area contributed by atoms with Crippen molar-refractivity contribution in [2.24, 2.45) is 12.8 Å². The Bertz CT molecular complexity index is 1220. The first kappa shape index (κ1) is 20.6. The Labute approximate surface area is 180 Å². The predicted octanol–water partition coefficient (Wildman–Crippen LogP) is 2.13. The quantitative estimate of drug-likeness (QED) is 0.665. The maximum atomic E-state index is 12.1. The molecule has 31 heavy (non-hydrogen) atoms. The van der Waals surface area contributed by atoms with E-state index in [0.717, 1.165) is 28.5 Å². The van der Waals surface area contributed by atoms with Gasteiger partial charge in [0.1, 0.15) is 11.5 Å². The second kappa shape index (κ2) is 7.22. The molecule has 0 bridgehead atoms. The van der Waals surface area contributed by atoms with E-state index in [2.05, 4.69) is 46.4 Å². The first-order valence-corrected chi connectivity index (χ1v) is 10.0. The highest BCUT2D eigenvalue weighted by Gasteiger charge is 2.27. The molecule has 0 spiro atoms. The third kappa shape index (κ3) is 3.65. The van der Waals surface area contributed by atoms with Crippen molar-refractivity contribution in [3.05, 3.63) is 47.2 Å². The second-order valence-electron chi connectivity index (χ2n) is 8.79. The molecule has 1 aliphatic rings. The fourth-order valence-electron chi connectivity index (χ4n) is 3.48. The Kier molecular flexibility index (Phi) is 4.79. The number of H-pyrrole nitrogens is 1. The summed E-state index contributed by atoms with van der Waals surface area (Å²) >= 11 is 0. The normalized spacial score (nSPS) is 14.9. The summed E-state index contributed by atoms with van der Waals surface area (Å²) in [6.07, 6.45) is 5.36. The molecule has 1 aliphatic heterocycles. The van der Waals surface area contributed by atoms with Crippen LogP contribution in [0.4, 0.5) is 5.82 Å². The Morgan fingerprint density at radius 2 is 2.00 bits per heavy atom. The monoisotopic (exact) mass is 421 g/mol. The minimum atomic E-state index is -0.478. The van der Waals surface area contributed by atoms with Crippen molar-refractivity contribution in [2.45, 2.75) is 40.0 Å². The van der Waals surface area contributed by atoms with Crippen LogP contribution < -0.4 is 10.6 Å². The van der Waals surface area contributed by atoms with Gasteiger partial charge in [0, 0.05) is 41.1 Å². The van der Waals surface area contributed by atoms with Gasteiger partial charge in [-0.15, -0.1) is 5.10 Å². The third-order valence-electron chi connectivity index (χ3n) is 5.61. The molecule has 0 atom stereocenters. The lowest BCUT2D eigenvalue weighted by Crippen LogP contribution is -2.33. The average molecular weight is 422 g/mol. The minimum Gasteiger partial charge on any atom is -0.366 e. The Morgan fingerprint density at radius 1 is 1.26 bits per heavy atom. The molecule has 3 aromatic rings. The van der Waals surface area contributed by atoms with E-state index in [1.165, 1.54) is 0 Å². The summed E-state index contributed by atoms with van der Waals surface area (Å²) in [6, 6.07) is 2.00. The highest BCUT2D eigenvalue weighted by Crippen LogP contribution is 2.31. The molecule has 3 N–H and O–H groups in total. The van der Waals surface area contributed by atoms with E-state index in [9.17, 15) is 4.79 Å². The Balaban J connectivity index is 1.77. The van der Waals surface area contributed by atoms with Crippen LogP contribution in [0.25, 0.3) is 17.0 Å². The molecule has 1 amide bonds. The number of aromatic amines is 1. The van der Waals surface area contributed by atoms with E-state index in [4.69, 9.17) is 5.73 Å². The maximum Gasteiger partial charge on any atom is 0.246 e. The lowest BCUT2D eigenvalue weighted by molar-refractivity contribution is -0.114. The van der Waals surface area contributed by atoms with Gasteiger partial charge >= 0.3 is 0 Å². The molecule has 0 saturated heterocycles. The standard InChI is InChI=1S/C21H27N9O/c1-12-15(9-23-28(12)6)16-11-30(27-24-16)17-7-14(20(22)31)10-29(13(17)2)19-8-18(25-26-19)21(3,4)5/h7-9,11H,10H2,1-6H3,(H2,22,31)(H,25,26). The van der Waals surface area contributed by atoms with Crippen molar-refractivity contribution in [3.63, 3.8) is 0 Å². The van der Waals surface area contributed by atoms with Crippen molar-refractivity contribution < 1.29 is 4.79 Å². The van der Waals surface area contributed by atoms with E-state index < -0.39 is 5.91 Å². The number of primary amides is 1. The Morgan fingerprint density at radius 3 is 2.58 bits per heavy atom. The van der Waals surface area contributed by atoms with Crippen molar-refractivity contribution in [3.8, 4) is 11.3 Å². The van der Waals surface area contributed by atoms with Gasteiger partial charge in [0.25, 0.3) is 0 Å². The number of carbonyl (C=O) groups is 1. The van der Waals surface area contributed by atoms with Crippen LogP contribution in [0.15, 0.2) is 35.8 Å². The number of hydrogen-bond acceptors (Lipinski definition) is 6. The third-order valence-corrected chi connectivity index (χ3v) is 5.61. The number of nitrogens with zero attached hydrogens (tertiary/aromatic N) is 7. The number of allylic oxidation sites excluding steroid dienone is 3. The molecule has 0 radical (unpaired) electrons. The van der Waals surface area contributed by atoms with Crippen molar-refractivity contribution in [2.75, 3.05) is 11.4 Å². The van der Waals surface area contributed by atoms with Gasteiger partial charge in [-0.25, -0.2) is 4.68 Å². The first-order valence-electron chi connectivity index (χ1n) is 10.0. The fraction of sp³-hybridized carbons (Fsp3) is 0.381.